The molecule has 0 aliphatic carbocycles. The maximum atomic E-state index is 13.6. The highest BCUT2D eigenvalue weighted by atomic mass is 35.5. The maximum Gasteiger partial charge on any atom is 0.308 e. The number of carbonyl (C=O) groups excluding carboxylic acids is 1. The summed E-state index contributed by atoms with van der Waals surface area (Å²) in [5.74, 6) is -0.586. The number of nitrogens with one attached hydrogen (secondary N) is 1. The second-order valence-corrected chi connectivity index (χ2v) is 12.1. The molecule has 4 rings (SSSR count). The van der Waals surface area contributed by atoms with Crippen LogP contribution in [-0.2, 0) is 14.8 Å². The van der Waals surface area contributed by atoms with Crippen molar-refractivity contribution in [2.24, 2.45) is 0 Å². The molecule has 1 heterocycles. The molecule has 0 atom stereocenters. The van der Waals surface area contributed by atoms with E-state index in [2.05, 4.69) is 5.32 Å². The van der Waals surface area contributed by atoms with Crippen molar-refractivity contribution in [3.63, 3.8) is 0 Å². The van der Waals surface area contributed by atoms with Gasteiger partial charge in [0.05, 0.1) is 30.8 Å². The third-order valence-corrected chi connectivity index (χ3v) is 9.01. The number of carbonyl (C=O) groups is 1. The van der Waals surface area contributed by atoms with Gasteiger partial charge in [0.25, 0.3) is 10.0 Å². The van der Waals surface area contributed by atoms with Gasteiger partial charge in [-0.2, -0.15) is 0 Å². The Morgan fingerprint density at radius 1 is 1.08 bits per heavy atom. The van der Waals surface area contributed by atoms with Crippen LogP contribution in [0.15, 0.2) is 70.4 Å². The Balaban J connectivity index is 1.68. The molecule has 0 radical (unpaired) electrons. The van der Waals surface area contributed by atoms with Gasteiger partial charge in [-0.25, -0.2) is 8.42 Å². The van der Waals surface area contributed by atoms with Gasteiger partial charge in [-0.15, -0.1) is 0 Å². The van der Waals surface area contributed by atoms with Crippen LogP contribution in [0.1, 0.15) is 25.5 Å². The zero-order chi connectivity index (χ0) is 26.2. The van der Waals surface area contributed by atoms with Crippen LogP contribution < -0.4 is 14.5 Å². The van der Waals surface area contributed by atoms with Gasteiger partial charge in [0.1, 0.15) is 6.54 Å². The van der Waals surface area contributed by atoms with Gasteiger partial charge in [0, 0.05) is 11.7 Å². The third kappa shape index (κ3) is 5.15. The number of aromatic nitrogens is 1. The zero-order valence-corrected chi connectivity index (χ0v) is 22.8. The first-order valence-corrected chi connectivity index (χ1v) is 14.0. The molecule has 188 valence electrons. The van der Waals surface area contributed by atoms with Gasteiger partial charge >= 0.3 is 4.87 Å². The molecule has 0 aliphatic heterocycles. The minimum atomic E-state index is -4.16. The van der Waals surface area contributed by atoms with Gasteiger partial charge in [0.15, 0.2) is 0 Å². The fourth-order valence-electron chi connectivity index (χ4n) is 3.76. The van der Waals surface area contributed by atoms with Crippen LogP contribution in [0.3, 0.4) is 0 Å². The predicted octanol–water partition coefficient (Wildman–Crippen LogP) is 6.09. The second kappa shape index (κ2) is 10.3. The molecule has 0 aliphatic rings. The van der Waals surface area contributed by atoms with Gasteiger partial charge < -0.3 is 5.32 Å². The number of amides is 1. The molecule has 11 heteroatoms. The van der Waals surface area contributed by atoms with Crippen molar-refractivity contribution in [2.45, 2.75) is 31.7 Å². The summed E-state index contributed by atoms with van der Waals surface area (Å²) in [7, 11) is -4.16. The van der Waals surface area contributed by atoms with Gasteiger partial charge in [-0.3, -0.25) is 18.5 Å². The monoisotopic (exact) mass is 563 g/mol. The van der Waals surface area contributed by atoms with Crippen molar-refractivity contribution in [3.05, 3.63) is 85.9 Å². The summed E-state index contributed by atoms with van der Waals surface area (Å²) in [6.45, 7) is 5.15. The summed E-state index contributed by atoms with van der Waals surface area (Å²) in [6.07, 6.45) is 0. The van der Waals surface area contributed by atoms with E-state index in [9.17, 15) is 18.0 Å². The Morgan fingerprint density at radius 2 is 1.78 bits per heavy atom. The fraction of sp³-hybridized carbons (Fsp3) is 0.200. The molecule has 1 amide bonds. The van der Waals surface area contributed by atoms with Crippen LogP contribution in [0.4, 0.5) is 11.4 Å². The predicted molar refractivity (Wildman–Crippen MR) is 147 cm³/mol. The van der Waals surface area contributed by atoms with Crippen LogP contribution in [0.2, 0.25) is 10.0 Å². The largest absolute Gasteiger partial charge is 0.324 e. The summed E-state index contributed by atoms with van der Waals surface area (Å²) >= 11 is 13.6. The van der Waals surface area contributed by atoms with E-state index in [1.807, 2.05) is 20.8 Å². The lowest BCUT2D eigenvalue weighted by molar-refractivity contribution is -0.114. The molecule has 4 aromatic rings. The smallest absolute Gasteiger partial charge is 0.308 e. The summed E-state index contributed by atoms with van der Waals surface area (Å²) in [5, 5.41) is 2.91. The molecule has 0 saturated carbocycles. The van der Waals surface area contributed by atoms with E-state index >= 15 is 0 Å². The quantitative estimate of drug-likeness (QED) is 0.294. The van der Waals surface area contributed by atoms with Crippen LogP contribution in [-0.4, -0.2) is 25.4 Å². The van der Waals surface area contributed by atoms with Crippen LogP contribution in [0.5, 0.6) is 0 Å². The summed E-state index contributed by atoms with van der Waals surface area (Å²) in [4.78, 5) is 25.3. The molecular formula is C25H23Cl2N3O4S2. The number of fused-ring (bicyclic) bond motifs is 1. The Kier molecular flexibility index (Phi) is 7.47. The number of aryl methyl sites for hydroxylation is 1. The Labute approximate surface area is 222 Å². The van der Waals surface area contributed by atoms with E-state index in [4.69, 9.17) is 23.2 Å². The van der Waals surface area contributed by atoms with Gasteiger partial charge in [-0.05, 0) is 63.2 Å². The summed E-state index contributed by atoms with van der Waals surface area (Å²) in [6, 6.07) is 16.0. The molecule has 1 N–H and O–H groups in total. The molecule has 0 unspecified atom stereocenters. The Hall–Kier alpha value is -2.85. The highest BCUT2D eigenvalue weighted by Crippen LogP contribution is 2.35. The Bertz CT molecular complexity index is 1610. The lowest BCUT2D eigenvalue weighted by atomic mass is 10.2. The van der Waals surface area contributed by atoms with E-state index in [-0.39, 0.29) is 31.5 Å². The Morgan fingerprint density at radius 3 is 2.44 bits per heavy atom. The molecule has 7 nitrogen and oxygen atoms in total. The third-order valence-electron chi connectivity index (χ3n) is 5.51. The maximum absolute atomic E-state index is 13.6. The highest BCUT2D eigenvalue weighted by molar-refractivity contribution is 7.92. The molecule has 3 aromatic carbocycles. The first-order valence-electron chi connectivity index (χ1n) is 11.0. The molecule has 0 spiro atoms. The molecule has 0 saturated heterocycles. The minimum Gasteiger partial charge on any atom is -0.324 e. The topological polar surface area (TPSA) is 88.5 Å². The number of halogens is 2. The highest BCUT2D eigenvalue weighted by Gasteiger charge is 2.29. The van der Waals surface area contributed by atoms with Crippen molar-refractivity contribution in [1.29, 1.82) is 0 Å². The van der Waals surface area contributed by atoms with E-state index in [0.717, 1.165) is 26.7 Å². The number of hydrogen-bond donors (Lipinski definition) is 1. The SMILES string of the molecule is Cc1ccc(S(=O)(=O)N(CC(=O)Nc2ccc3c(c2)sc(=O)n3C(C)C)c2cccc(Cl)c2Cl)cc1. The average Bonchev–Trinajstić information content (AvgIpc) is 3.15. The lowest BCUT2D eigenvalue weighted by Gasteiger charge is -2.25. The summed E-state index contributed by atoms with van der Waals surface area (Å²) in [5.41, 5.74) is 2.19. The van der Waals surface area contributed by atoms with E-state index < -0.39 is 22.5 Å². The van der Waals surface area contributed by atoms with E-state index in [0.29, 0.717) is 10.4 Å². The molecule has 0 bridgehead atoms. The summed E-state index contributed by atoms with van der Waals surface area (Å²) < 4.78 is 30.5. The van der Waals surface area contributed by atoms with Crippen molar-refractivity contribution in [3.8, 4) is 0 Å². The molecule has 0 fully saturated rings. The zero-order valence-electron chi connectivity index (χ0n) is 19.7. The van der Waals surface area contributed by atoms with Crippen molar-refractivity contribution in [1.82, 2.24) is 4.57 Å². The van der Waals surface area contributed by atoms with Gasteiger partial charge in [-0.1, -0.05) is 58.3 Å². The first-order chi connectivity index (χ1) is 17.0. The first kappa shape index (κ1) is 26.2. The van der Waals surface area contributed by atoms with E-state index in [1.165, 1.54) is 24.3 Å². The number of nitrogens with zero attached hydrogens (tertiary/aromatic N) is 2. The van der Waals surface area contributed by atoms with Crippen molar-refractivity contribution in [2.75, 3.05) is 16.2 Å². The average molecular weight is 565 g/mol. The number of benzene rings is 3. The number of sulfonamides is 1. The lowest BCUT2D eigenvalue weighted by Crippen LogP contribution is -2.38. The number of anilines is 2. The molecular weight excluding hydrogens is 541 g/mol. The molecule has 36 heavy (non-hydrogen) atoms. The van der Waals surface area contributed by atoms with Gasteiger partial charge in [0.2, 0.25) is 5.91 Å². The van der Waals surface area contributed by atoms with Crippen molar-refractivity contribution >= 4 is 72.1 Å². The van der Waals surface area contributed by atoms with Crippen molar-refractivity contribution < 1.29 is 13.2 Å². The standard InChI is InChI=1S/C25H23Cl2N3O4S2/c1-15(2)30-20-12-9-17(13-22(20)35-25(30)32)28-23(31)14-29(21-6-4-5-19(26)24(21)27)36(33,34)18-10-7-16(3)8-11-18/h4-13,15H,14H2,1-3H3,(H,28,31). The number of hydrogen-bond acceptors (Lipinski definition) is 5. The van der Waals surface area contributed by atoms with Crippen LogP contribution in [0.25, 0.3) is 10.2 Å². The number of thiazole rings is 1. The number of rotatable bonds is 7. The minimum absolute atomic E-state index is 0.00493. The van der Waals surface area contributed by atoms with Crippen LogP contribution >= 0.6 is 34.5 Å². The van der Waals surface area contributed by atoms with E-state index in [1.54, 1.807) is 41.0 Å². The molecule has 1 aromatic heterocycles. The normalized spacial score (nSPS) is 11.7. The fourth-order valence-corrected chi connectivity index (χ4v) is 6.69. The van der Waals surface area contributed by atoms with Crippen LogP contribution in [0, 0.1) is 6.92 Å². The second-order valence-electron chi connectivity index (χ2n) is 8.46.